The zero-order chi connectivity index (χ0) is 20.2. The third-order valence-electron chi connectivity index (χ3n) is 3.84. The molecule has 0 saturated heterocycles. The Bertz CT molecular complexity index is 591. The van der Waals surface area contributed by atoms with Crippen LogP contribution in [0.25, 0.3) is 0 Å². The Kier molecular flexibility index (Phi) is 10.1. The van der Waals surface area contributed by atoms with Crippen LogP contribution in [0.1, 0.15) is 46.5 Å². The lowest BCUT2D eigenvalue weighted by Gasteiger charge is -2.29. The lowest BCUT2D eigenvalue weighted by Crippen LogP contribution is -2.44. The second kappa shape index (κ2) is 12.1. The topological polar surface area (TPSA) is 99.1 Å². The fourth-order valence-electron chi connectivity index (χ4n) is 2.56. The maximum absolute atomic E-state index is 12.5. The molecule has 0 aromatic carbocycles. The van der Waals surface area contributed by atoms with Crippen molar-refractivity contribution in [1.29, 1.82) is 0 Å². The highest BCUT2D eigenvalue weighted by atomic mass is 16.6. The van der Waals surface area contributed by atoms with E-state index in [2.05, 4.69) is 0 Å². The summed E-state index contributed by atoms with van der Waals surface area (Å²) in [6, 6.07) is 0. The largest absolute Gasteiger partial charge is 0.457 e. The third kappa shape index (κ3) is 8.21. The van der Waals surface area contributed by atoms with Crippen LogP contribution in [0.15, 0.2) is 36.5 Å². The van der Waals surface area contributed by atoms with Gasteiger partial charge >= 0.3 is 17.9 Å². The van der Waals surface area contributed by atoms with Crippen molar-refractivity contribution in [2.45, 2.75) is 70.9 Å². The van der Waals surface area contributed by atoms with E-state index in [0.29, 0.717) is 19.3 Å². The molecule has 27 heavy (non-hydrogen) atoms. The summed E-state index contributed by atoms with van der Waals surface area (Å²) in [6.45, 7) is 4.93. The Balaban J connectivity index is 2.95. The first-order valence-corrected chi connectivity index (χ1v) is 9.11. The highest BCUT2D eigenvalue weighted by Crippen LogP contribution is 2.19. The van der Waals surface area contributed by atoms with Crippen molar-refractivity contribution in [2.75, 3.05) is 0 Å². The van der Waals surface area contributed by atoms with Crippen molar-refractivity contribution in [3.05, 3.63) is 36.5 Å². The van der Waals surface area contributed by atoms with Gasteiger partial charge in [-0.3, -0.25) is 4.79 Å². The number of aliphatic hydroxyl groups is 1. The first-order valence-electron chi connectivity index (χ1n) is 9.11. The van der Waals surface area contributed by atoms with Gasteiger partial charge in [0.15, 0.2) is 6.10 Å². The average molecular weight is 380 g/mol. The van der Waals surface area contributed by atoms with Crippen molar-refractivity contribution in [1.82, 2.24) is 0 Å². The maximum atomic E-state index is 12.5. The smallest absolute Gasteiger partial charge is 0.347 e. The molecule has 7 nitrogen and oxygen atoms in total. The zero-order valence-electron chi connectivity index (χ0n) is 16.0. The highest BCUT2D eigenvalue weighted by molar-refractivity contribution is 5.86. The molecule has 0 aromatic rings. The minimum atomic E-state index is -1.21. The van der Waals surface area contributed by atoms with Crippen LogP contribution in [0.5, 0.6) is 0 Å². The van der Waals surface area contributed by atoms with Gasteiger partial charge in [0.05, 0.1) is 0 Å². The standard InChI is InChI=1S/C20H28O7/c1-4-6-7-13-18(22)26-17-12-9-8-11-16(25-14(3)21)19(23)15(10-5-2)27-20(17)24/h4,6-8,11,13,15-17,19,23H,5,9-10,12H2,1-3H3/b6-4+,11-8+,13-7+/t15-,16+,17+,19-/m1/s1. The van der Waals surface area contributed by atoms with Gasteiger partial charge in [-0.2, -0.15) is 0 Å². The van der Waals surface area contributed by atoms with Gasteiger partial charge < -0.3 is 19.3 Å². The van der Waals surface area contributed by atoms with Gasteiger partial charge in [0, 0.05) is 13.0 Å². The van der Waals surface area contributed by atoms with Crippen LogP contribution in [0.4, 0.5) is 0 Å². The molecule has 0 unspecified atom stereocenters. The number of hydrogen-bond donors (Lipinski definition) is 1. The summed E-state index contributed by atoms with van der Waals surface area (Å²) >= 11 is 0. The summed E-state index contributed by atoms with van der Waals surface area (Å²) in [7, 11) is 0. The fourth-order valence-corrected chi connectivity index (χ4v) is 2.56. The van der Waals surface area contributed by atoms with Crippen LogP contribution < -0.4 is 0 Å². The van der Waals surface area contributed by atoms with Crippen LogP contribution >= 0.6 is 0 Å². The Hall–Kier alpha value is -2.41. The van der Waals surface area contributed by atoms with Gasteiger partial charge in [-0.25, -0.2) is 9.59 Å². The van der Waals surface area contributed by atoms with Gasteiger partial charge in [0.1, 0.15) is 18.3 Å². The SMILES string of the molecule is C/C=C/C=C/C(=O)O[C@H]1CC/C=C/[C@H](OC(C)=O)[C@H](O)[C@@H](CCC)OC1=O. The number of ether oxygens (including phenoxy) is 3. The molecule has 1 heterocycles. The maximum Gasteiger partial charge on any atom is 0.347 e. The summed E-state index contributed by atoms with van der Waals surface area (Å²) in [6.07, 6.45) is 6.96. The monoisotopic (exact) mass is 380 g/mol. The van der Waals surface area contributed by atoms with E-state index in [1.165, 1.54) is 19.1 Å². The van der Waals surface area contributed by atoms with Gasteiger partial charge in [-0.05, 0) is 32.3 Å². The molecule has 0 spiro atoms. The molecule has 0 aromatic heterocycles. The first kappa shape index (κ1) is 22.6. The molecule has 0 aliphatic carbocycles. The number of aliphatic hydroxyl groups excluding tert-OH is 1. The summed E-state index contributed by atoms with van der Waals surface area (Å²) in [4.78, 5) is 35.6. The van der Waals surface area contributed by atoms with Crippen LogP contribution in [0.3, 0.4) is 0 Å². The van der Waals surface area contributed by atoms with E-state index in [1.807, 2.05) is 13.8 Å². The number of allylic oxidation sites excluding steroid dienone is 4. The van der Waals surface area contributed by atoms with Gasteiger partial charge in [0.25, 0.3) is 0 Å². The van der Waals surface area contributed by atoms with Crippen molar-refractivity contribution >= 4 is 17.9 Å². The number of cyclic esters (lactones) is 1. The van der Waals surface area contributed by atoms with Gasteiger partial charge in [-0.15, -0.1) is 0 Å². The molecule has 1 N–H and O–H groups in total. The van der Waals surface area contributed by atoms with E-state index in [4.69, 9.17) is 14.2 Å². The van der Waals surface area contributed by atoms with Crippen LogP contribution in [-0.2, 0) is 28.6 Å². The molecule has 1 aliphatic rings. The molecule has 0 amide bonds. The van der Waals surface area contributed by atoms with E-state index >= 15 is 0 Å². The van der Waals surface area contributed by atoms with Crippen molar-refractivity contribution < 1.29 is 33.7 Å². The Morgan fingerprint density at radius 3 is 2.70 bits per heavy atom. The Labute approximate surface area is 159 Å². The van der Waals surface area contributed by atoms with E-state index < -0.39 is 42.3 Å². The number of carbonyl (C=O) groups is 3. The van der Waals surface area contributed by atoms with Crippen molar-refractivity contribution in [2.24, 2.45) is 0 Å². The molecular weight excluding hydrogens is 352 g/mol. The normalized spacial score (nSPS) is 27.9. The number of rotatable bonds is 6. The average Bonchev–Trinajstić information content (AvgIpc) is 2.61. The first-order chi connectivity index (χ1) is 12.9. The molecule has 7 heteroatoms. The molecule has 1 rings (SSSR count). The number of hydrogen-bond acceptors (Lipinski definition) is 7. The predicted molar refractivity (Wildman–Crippen MR) is 98.6 cm³/mol. The molecule has 0 saturated carbocycles. The zero-order valence-corrected chi connectivity index (χ0v) is 16.0. The summed E-state index contributed by atoms with van der Waals surface area (Å²) < 4.78 is 15.7. The van der Waals surface area contributed by atoms with Crippen LogP contribution in [0, 0.1) is 0 Å². The molecule has 4 atom stereocenters. The molecule has 1 aliphatic heterocycles. The number of esters is 3. The Morgan fingerprint density at radius 1 is 1.33 bits per heavy atom. The summed E-state index contributed by atoms with van der Waals surface area (Å²) in [5.41, 5.74) is 0. The fraction of sp³-hybridized carbons (Fsp3) is 0.550. The summed E-state index contributed by atoms with van der Waals surface area (Å²) in [5, 5.41) is 10.5. The molecule has 150 valence electrons. The lowest BCUT2D eigenvalue weighted by atomic mass is 10.0. The minimum Gasteiger partial charge on any atom is -0.457 e. The lowest BCUT2D eigenvalue weighted by molar-refractivity contribution is -0.179. The second-order valence-electron chi connectivity index (χ2n) is 6.14. The molecular formula is C20H28O7. The van der Waals surface area contributed by atoms with E-state index in [-0.39, 0.29) is 6.42 Å². The van der Waals surface area contributed by atoms with E-state index in [9.17, 15) is 19.5 Å². The van der Waals surface area contributed by atoms with E-state index in [1.54, 1.807) is 24.3 Å². The molecule has 0 bridgehead atoms. The van der Waals surface area contributed by atoms with Crippen LogP contribution in [0.2, 0.25) is 0 Å². The predicted octanol–water partition coefficient (Wildman–Crippen LogP) is 2.39. The Morgan fingerprint density at radius 2 is 2.07 bits per heavy atom. The van der Waals surface area contributed by atoms with Gasteiger partial charge in [-0.1, -0.05) is 37.6 Å². The minimum absolute atomic E-state index is 0.222. The molecule has 0 radical (unpaired) electrons. The third-order valence-corrected chi connectivity index (χ3v) is 3.84. The van der Waals surface area contributed by atoms with Gasteiger partial charge in [0.2, 0.25) is 0 Å². The van der Waals surface area contributed by atoms with Crippen LogP contribution in [-0.4, -0.2) is 47.4 Å². The highest BCUT2D eigenvalue weighted by Gasteiger charge is 2.34. The quantitative estimate of drug-likeness (QED) is 0.248. The number of carbonyl (C=O) groups excluding carboxylic acids is 3. The van der Waals surface area contributed by atoms with E-state index in [0.717, 1.165) is 0 Å². The van der Waals surface area contributed by atoms with Crippen molar-refractivity contribution in [3.8, 4) is 0 Å². The second-order valence-corrected chi connectivity index (χ2v) is 6.14. The van der Waals surface area contributed by atoms with Crippen molar-refractivity contribution in [3.63, 3.8) is 0 Å². The summed E-state index contributed by atoms with van der Waals surface area (Å²) in [5.74, 6) is -1.92. The molecule has 0 fully saturated rings.